The van der Waals surface area contributed by atoms with Crippen LogP contribution >= 0.6 is 0 Å². The van der Waals surface area contributed by atoms with E-state index in [1.54, 1.807) is 12.1 Å². The van der Waals surface area contributed by atoms with Gasteiger partial charge in [0, 0.05) is 17.8 Å². The minimum atomic E-state index is -0.396. The van der Waals surface area contributed by atoms with Crippen LogP contribution in [0.25, 0.3) is 11.0 Å². The third-order valence-corrected chi connectivity index (χ3v) is 4.43. The number of anilines is 1. The van der Waals surface area contributed by atoms with Crippen molar-refractivity contribution in [1.29, 1.82) is 0 Å². The third-order valence-electron chi connectivity index (χ3n) is 4.43. The van der Waals surface area contributed by atoms with Crippen molar-refractivity contribution in [2.45, 2.75) is 46.7 Å². The van der Waals surface area contributed by atoms with Gasteiger partial charge in [0.25, 0.3) is 0 Å². The third kappa shape index (κ3) is 3.16. The molecule has 7 heteroatoms. The second kappa shape index (κ2) is 6.48. The van der Waals surface area contributed by atoms with E-state index >= 15 is 0 Å². The Morgan fingerprint density at radius 3 is 2.65 bits per heavy atom. The van der Waals surface area contributed by atoms with Crippen LogP contribution in [-0.4, -0.2) is 32.8 Å². The number of carbonyl (C=O) groups is 1. The van der Waals surface area contributed by atoms with Gasteiger partial charge in [-0.05, 0) is 46.8 Å². The van der Waals surface area contributed by atoms with Gasteiger partial charge in [-0.2, -0.15) is 5.10 Å². The number of para-hydroxylation sites is 1. The topological polar surface area (TPSA) is 84.8 Å². The maximum atomic E-state index is 11.9. The Morgan fingerprint density at radius 1 is 1.31 bits per heavy atom. The van der Waals surface area contributed by atoms with Crippen LogP contribution in [0.5, 0.6) is 0 Å². The van der Waals surface area contributed by atoms with Crippen LogP contribution in [0.2, 0.25) is 0 Å². The van der Waals surface area contributed by atoms with Crippen molar-refractivity contribution in [3.8, 4) is 0 Å². The Kier molecular flexibility index (Phi) is 4.48. The second-order valence-electron chi connectivity index (χ2n) is 7.36. The lowest BCUT2D eigenvalue weighted by molar-refractivity contribution is 0.0603. The molecule has 2 N–H and O–H groups in total. The highest BCUT2D eigenvalue weighted by Gasteiger charge is 2.21. The van der Waals surface area contributed by atoms with E-state index in [9.17, 15) is 4.79 Å². The number of imidazole rings is 1. The summed E-state index contributed by atoms with van der Waals surface area (Å²) in [5.74, 6) is 0.213. The van der Waals surface area contributed by atoms with Crippen molar-refractivity contribution in [3.05, 3.63) is 40.7 Å². The fraction of sp³-hybridized carbons (Fsp3) is 0.421. The molecule has 2 heterocycles. The van der Waals surface area contributed by atoms with Gasteiger partial charge in [-0.15, -0.1) is 0 Å². The molecule has 0 saturated carbocycles. The smallest absolute Gasteiger partial charge is 0.340 e. The first-order chi connectivity index (χ1) is 12.2. The Morgan fingerprint density at radius 2 is 2.04 bits per heavy atom. The minimum absolute atomic E-state index is 0.0676. The Balaban J connectivity index is 1.87. The first-order valence-electron chi connectivity index (χ1n) is 8.59. The highest BCUT2D eigenvalue weighted by Crippen LogP contribution is 2.23. The van der Waals surface area contributed by atoms with E-state index < -0.39 is 5.97 Å². The normalized spacial score (nSPS) is 11.8. The average Bonchev–Trinajstić information content (AvgIpc) is 3.12. The quantitative estimate of drug-likeness (QED) is 0.699. The molecule has 7 nitrogen and oxygen atoms in total. The molecule has 26 heavy (non-hydrogen) atoms. The van der Waals surface area contributed by atoms with Crippen LogP contribution in [0.3, 0.4) is 0 Å². The summed E-state index contributed by atoms with van der Waals surface area (Å²) in [6.07, 6.45) is 0. The maximum absolute atomic E-state index is 11.9. The molecule has 0 unspecified atom stereocenters. The van der Waals surface area contributed by atoms with Gasteiger partial charge < -0.3 is 15.0 Å². The number of aromatic nitrogens is 4. The van der Waals surface area contributed by atoms with Gasteiger partial charge in [0.15, 0.2) is 0 Å². The largest absolute Gasteiger partial charge is 0.465 e. The predicted octanol–water partition coefficient (Wildman–Crippen LogP) is 3.53. The van der Waals surface area contributed by atoms with Gasteiger partial charge in [-0.1, -0.05) is 6.07 Å². The summed E-state index contributed by atoms with van der Waals surface area (Å²) in [6, 6.07) is 5.40. The second-order valence-corrected chi connectivity index (χ2v) is 7.36. The number of aryl methyl sites for hydroxylation is 1. The molecule has 2 aromatic heterocycles. The van der Waals surface area contributed by atoms with Crippen LogP contribution in [0.1, 0.15) is 48.1 Å². The zero-order valence-corrected chi connectivity index (χ0v) is 16.1. The average molecular weight is 355 g/mol. The van der Waals surface area contributed by atoms with Crippen LogP contribution < -0.4 is 5.32 Å². The van der Waals surface area contributed by atoms with Crippen molar-refractivity contribution in [3.63, 3.8) is 0 Å². The monoisotopic (exact) mass is 355 g/mol. The van der Waals surface area contributed by atoms with Crippen molar-refractivity contribution in [2.24, 2.45) is 0 Å². The van der Waals surface area contributed by atoms with Gasteiger partial charge in [0.2, 0.25) is 5.95 Å². The molecule has 0 amide bonds. The number of benzene rings is 1. The van der Waals surface area contributed by atoms with Crippen molar-refractivity contribution >= 4 is 23.0 Å². The summed E-state index contributed by atoms with van der Waals surface area (Å²) in [5, 5.41) is 7.98. The number of H-pyrrole nitrogens is 1. The molecule has 0 saturated heterocycles. The predicted molar refractivity (Wildman–Crippen MR) is 101 cm³/mol. The lowest BCUT2D eigenvalue weighted by Gasteiger charge is -2.21. The zero-order valence-electron chi connectivity index (χ0n) is 16.1. The van der Waals surface area contributed by atoms with E-state index in [1.807, 2.05) is 17.7 Å². The molecule has 0 atom stereocenters. The number of fused-ring (bicyclic) bond motifs is 1. The zero-order chi connectivity index (χ0) is 19.1. The number of hydrogen-bond donors (Lipinski definition) is 2. The summed E-state index contributed by atoms with van der Waals surface area (Å²) < 4.78 is 6.87. The number of esters is 1. The van der Waals surface area contributed by atoms with Gasteiger partial charge >= 0.3 is 5.97 Å². The van der Waals surface area contributed by atoms with Crippen molar-refractivity contribution < 1.29 is 9.53 Å². The molecule has 0 aliphatic rings. The summed E-state index contributed by atoms with van der Waals surface area (Å²) in [5.41, 5.74) is 5.04. The van der Waals surface area contributed by atoms with Crippen molar-refractivity contribution in [1.82, 2.24) is 19.7 Å². The van der Waals surface area contributed by atoms with Crippen LogP contribution in [0.15, 0.2) is 18.2 Å². The first-order valence-corrected chi connectivity index (χ1v) is 8.59. The Hall–Kier alpha value is -2.83. The number of carbonyl (C=O) groups excluding carboxylic acids is 1. The van der Waals surface area contributed by atoms with Crippen LogP contribution in [-0.2, 0) is 16.8 Å². The first kappa shape index (κ1) is 18.0. The van der Waals surface area contributed by atoms with Gasteiger partial charge in [-0.3, -0.25) is 4.68 Å². The van der Waals surface area contributed by atoms with E-state index in [2.05, 4.69) is 48.1 Å². The summed E-state index contributed by atoms with van der Waals surface area (Å²) in [4.78, 5) is 19.6. The molecule has 0 bridgehead atoms. The molecule has 138 valence electrons. The SMILES string of the molecule is COC(=O)c1cccc2[nH]c(NCc3c(C)nn(C(C)(C)C)c3C)nc12. The van der Waals surface area contributed by atoms with E-state index in [4.69, 9.17) is 4.74 Å². The van der Waals surface area contributed by atoms with Crippen LogP contribution in [0.4, 0.5) is 5.95 Å². The highest BCUT2D eigenvalue weighted by atomic mass is 16.5. The number of ether oxygens (including phenoxy) is 1. The number of methoxy groups -OCH3 is 1. The number of rotatable bonds is 4. The molecule has 0 fully saturated rings. The number of nitrogens with zero attached hydrogens (tertiary/aromatic N) is 3. The molecule has 0 aliphatic heterocycles. The van der Waals surface area contributed by atoms with Gasteiger partial charge in [0.1, 0.15) is 5.52 Å². The minimum Gasteiger partial charge on any atom is -0.465 e. The standard InChI is InChI=1S/C19H25N5O2/c1-11-14(12(2)24(23-11)19(3,4)5)10-20-18-21-15-9-7-8-13(16(15)22-18)17(25)26-6/h7-9H,10H2,1-6H3,(H2,20,21,22). The Labute approximate surface area is 152 Å². The fourth-order valence-corrected chi connectivity index (χ4v) is 3.15. The number of aromatic amines is 1. The lowest BCUT2D eigenvalue weighted by Crippen LogP contribution is -2.24. The highest BCUT2D eigenvalue weighted by molar-refractivity contribution is 6.02. The number of nitrogens with one attached hydrogen (secondary N) is 2. The summed E-state index contributed by atoms with van der Waals surface area (Å²) >= 11 is 0. The fourth-order valence-electron chi connectivity index (χ4n) is 3.15. The molecular formula is C19H25N5O2. The molecule has 0 aliphatic carbocycles. The molecule has 1 aromatic carbocycles. The molecule has 3 aromatic rings. The molecule has 3 rings (SSSR count). The number of hydrogen-bond acceptors (Lipinski definition) is 5. The van der Waals surface area contributed by atoms with Gasteiger partial charge in [0.05, 0.1) is 29.4 Å². The molecular weight excluding hydrogens is 330 g/mol. The van der Waals surface area contributed by atoms with Crippen LogP contribution in [0, 0.1) is 13.8 Å². The molecule has 0 radical (unpaired) electrons. The Bertz CT molecular complexity index is 962. The van der Waals surface area contributed by atoms with Crippen molar-refractivity contribution in [2.75, 3.05) is 12.4 Å². The molecule has 0 spiro atoms. The van der Waals surface area contributed by atoms with E-state index in [1.165, 1.54) is 7.11 Å². The summed E-state index contributed by atoms with van der Waals surface area (Å²) in [7, 11) is 1.37. The van der Waals surface area contributed by atoms with Gasteiger partial charge in [-0.25, -0.2) is 9.78 Å². The van der Waals surface area contributed by atoms with E-state index in [0.717, 1.165) is 22.5 Å². The lowest BCUT2D eigenvalue weighted by atomic mass is 10.1. The summed E-state index contributed by atoms with van der Waals surface area (Å²) in [6.45, 7) is 11.1. The van der Waals surface area contributed by atoms with E-state index in [0.29, 0.717) is 23.6 Å². The van der Waals surface area contributed by atoms with E-state index in [-0.39, 0.29) is 5.54 Å². The maximum Gasteiger partial charge on any atom is 0.340 e.